The van der Waals surface area contributed by atoms with E-state index in [9.17, 15) is 8.42 Å². The fraction of sp³-hybridized carbons (Fsp3) is 0.750. The largest absolute Gasteiger partial charge is 0.444 e. The lowest BCUT2D eigenvalue weighted by atomic mass is 10.1. The number of nitrogens with two attached hydrogens (primary N) is 1. The van der Waals surface area contributed by atoms with Gasteiger partial charge in [0.25, 0.3) is 10.2 Å². The van der Waals surface area contributed by atoms with Crippen LogP contribution in [0.4, 0.5) is 0 Å². The van der Waals surface area contributed by atoms with Crippen molar-refractivity contribution in [1.29, 1.82) is 0 Å². The maximum Gasteiger partial charge on any atom is 0.280 e. The molecule has 0 amide bonds. The Morgan fingerprint density at radius 1 is 1.60 bits per heavy atom. The maximum absolute atomic E-state index is 12.4. The van der Waals surface area contributed by atoms with E-state index < -0.39 is 16.3 Å². The quantitative estimate of drug-likeness (QED) is 0.833. The van der Waals surface area contributed by atoms with Crippen molar-refractivity contribution < 1.29 is 12.8 Å². The minimum absolute atomic E-state index is 0.125. The third-order valence-corrected chi connectivity index (χ3v) is 5.24. The van der Waals surface area contributed by atoms with Crippen LogP contribution in [0.5, 0.6) is 0 Å². The minimum atomic E-state index is -3.58. The molecule has 1 fully saturated rings. The smallest absolute Gasteiger partial charge is 0.280 e. The fourth-order valence-corrected chi connectivity index (χ4v) is 4.08. The summed E-state index contributed by atoms with van der Waals surface area (Å²) >= 11 is 0. The Morgan fingerprint density at radius 2 is 2.35 bits per heavy atom. The minimum Gasteiger partial charge on any atom is -0.444 e. The van der Waals surface area contributed by atoms with Crippen molar-refractivity contribution >= 4 is 10.2 Å². The Kier molecular flexibility index (Phi) is 4.79. The van der Waals surface area contributed by atoms with Gasteiger partial charge in [0.1, 0.15) is 5.76 Å². The first-order chi connectivity index (χ1) is 9.44. The molecule has 1 aromatic heterocycles. The lowest BCUT2D eigenvalue weighted by Crippen LogP contribution is -2.52. The van der Waals surface area contributed by atoms with Gasteiger partial charge in [0, 0.05) is 19.1 Å². The Morgan fingerprint density at radius 3 is 2.95 bits per heavy atom. The van der Waals surface area contributed by atoms with Gasteiger partial charge in [0.05, 0.1) is 12.2 Å². The molecular formula is C12H22N4O3S. The lowest BCUT2D eigenvalue weighted by molar-refractivity contribution is 0.252. The predicted octanol–water partition coefficient (Wildman–Crippen LogP) is 0.692. The number of piperidine rings is 1. The van der Waals surface area contributed by atoms with E-state index in [4.69, 9.17) is 10.2 Å². The summed E-state index contributed by atoms with van der Waals surface area (Å²) < 4.78 is 34.3. The van der Waals surface area contributed by atoms with Crippen molar-refractivity contribution in [2.45, 2.75) is 45.2 Å². The van der Waals surface area contributed by atoms with Gasteiger partial charge >= 0.3 is 0 Å². The van der Waals surface area contributed by atoms with Crippen molar-refractivity contribution in [2.24, 2.45) is 5.73 Å². The summed E-state index contributed by atoms with van der Waals surface area (Å²) in [5.41, 5.74) is 5.67. The molecule has 8 heteroatoms. The molecule has 114 valence electrons. The van der Waals surface area contributed by atoms with E-state index >= 15 is 0 Å². The molecule has 1 saturated heterocycles. The molecule has 20 heavy (non-hydrogen) atoms. The van der Waals surface area contributed by atoms with E-state index in [2.05, 4.69) is 9.71 Å². The van der Waals surface area contributed by atoms with Crippen molar-refractivity contribution in [2.75, 3.05) is 13.1 Å². The topological polar surface area (TPSA) is 101 Å². The van der Waals surface area contributed by atoms with Gasteiger partial charge in [0.2, 0.25) is 5.89 Å². The molecule has 2 unspecified atom stereocenters. The van der Waals surface area contributed by atoms with Gasteiger partial charge in [-0.3, -0.25) is 0 Å². The standard InChI is InChI=1S/C12H22N4O3S/c1-9-8-14-12(19-9)10(2)15-20(17,18)16-6-4-3-5-11(16)7-13/h8,10-11,15H,3-7,13H2,1-2H3. The van der Waals surface area contributed by atoms with Crippen molar-refractivity contribution in [3.05, 3.63) is 17.8 Å². The maximum atomic E-state index is 12.4. The van der Waals surface area contributed by atoms with Crippen molar-refractivity contribution in [3.63, 3.8) is 0 Å². The first kappa shape index (κ1) is 15.4. The molecule has 3 N–H and O–H groups in total. The van der Waals surface area contributed by atoms with E-state index in [0.717, 1.165) is 19.3 Å². The first-order valence-electron chi connectivity index (χ1n) is 6.85. The normalized spacial score (nSPS) is 22.9. The Labute approximate surface area is 119 Å². The average Bonchev–Trinajstić information content (AvgIpc) is 2.85. The highest BCUT2D eigenvalue weighted by Crippen LogP contribution is 2.21. The van der Waals surface area contributed by atoms with E-state index in [1.807, 2.05) is 0 Å². The average molecular weight is 302 g/mol. The third kappa shape index (κ3) is 3.38. The summed E-state index contributed by atoms with van der Waals surface area (Å²) in [6, 6.07) is -0.631. The highest BCUT2D eigenvalue weighted by atomic mass is 32.2. The molecule has 2 rings (SSSR count). The van der Waals surface area contributed by atoms with Crippen LogP contribution in [-0.2, 0) is 10.2 Å². The molecule has 0 aliphatic carbocycles. The zero-order chi connectivity index (χ0) is 14.8. The van der Waals surface area contributed by atoms with Gasteiger partial charge in [-0.15, -0.1) is 0 Å². The highest BCUT2D eigenvalue weighted by molar-refractivity contribution is 7.87. The molecule has 7 nitrogen and oxygen atoms in total. The van der Waals surface area contributed by atoms with Crippen molar-refractivity contribution in [3.8, 4) is 0 Å². The van der Waals surface area contributed by atoms with E-state index in [-0.39, 0.29) is 6.04 Å². The van der Waals surface area contributed by atoms with Gasteiger partial charge in [-0.1, -0.05) is 6.42 Å². The Balaban J connectivity index is 2.09. The Bertz CT molecular complexity index is 543. The monoisotopic (exact) mass is 302 g/mol. The number of aromatic nitrogens is 1. The lowest BCUT2D eigenvalue weighted by Gasteiger charge is -2.34. The van der Waals surface area contributed by atoms with Gasteiger partial charge < -0.3 is 10.2 Å². The van der Waals surface area contributed by atoms with Gasteiger partial charge in [-0.2, -0.15) is 17.4 Å². The van der Waals surface area contributed by atoms with Crippen LogP contribution < -0.4 is 10.5 Å². The van der Waals surface area contributed by atoms with E-state index in [1.165, 1.54) is 4.31 Å². The SMILES string of the molecule is Cc1cnc(C(C)NS(=O)(=O)N2CCCCC2CN)o1. The van der Waals surface area contributed by atoms with E-state index in [0.29, 0.717) is 24.7 Å². The summed E-state index contributed by atoms with van der Waals surface area (Å²) in [7, 11) is -3.58. The summed E-state index contributed by atoms with van der Waals surface area (Å²) in [4.78, 5) is 4.05. The highest BCUT2D eigenvalue weighted by Gasteiger charge is 2.33. The number of oxazole rings is 1. The van der Waals surface area contributed by atoms with Crippen LogP contribution >= 0.6 is 0 Å². The number of aryl methyl sites for hydroxylation is 1. The summed E-state index contributed by atoms with van der Waals surface area (Å²) in [5, 5.41) is 0. The summed E-state index contributed by atoms with van der Waals surface area (Å²) in [5.74, 6) is 1.02. The second-order valence-electron chi connectivity index (χ2n) is 5.15. The molecule has 0 radical (unpaired) electrons. The number of rotatable bonds is 5. The molecule has 2 heterocycles. The summed E-state index contributed by atoms with van der Waals surface area (Å²) in [6.45, 7) is 4.33. The number of nitrogens with one attached hydrogen (secondary N) is 1. The predicted molar refractivity (Wildman–Crippen MR) is 75.1 cm³/mol. The second kappa shape index (κ2) is 6.21. The molecule has 0 bridgehead atoms. The third-order valence-electron chi connectivity index (χ3n) is 3.49. The van der Waals surface area contributed by atoms with Gasteiger partial charge in [0.15, 0.2) is 0 Å². The van der Waals surface area contributed by atoms with Crippen LogP contribution in [0.1, 0.15) is 43.9 Å². The second-order valence-corrected chi connectivity index (χ2v) is 6.80. The number of hydrogen-bond acceptors (Lipinski definition) is 5. The molecule has 1 aliphatic rings. The zero-order valence-corrected chi connectivity index (χ0v) is 12.7. The molecule has 0 aromatic carbocycles. The van der Waals surface area contributed by atoms with E-state index in [1.54, 1.807) is 20.0 Å². The van der Waals surface area contributed by atoms with Crippen molar-refractivity contribution in [1.82, 2.24) is 14.0 Å². The van der Waals surface area contributed by atoms with Crippen LogP contribution in [0.25, 0.3) is 0 Å². The van der Waals surface area contributed by atoms with Crippen LogP contribution in [0.2, 0.25) is 0 Å². The summed E-state index contributed by atoms with van der Waals surface area (Å²) in [6.07, 6.45) is 4.26. The molecule has 2 atom stereocenters. The fourth-order valence-electron chi connectivity index (χ4n) is 2.44. The van der Waals surface area contributed by atoms with Crippen LogP contribution in [0.3, 0.4) is 0 Å². The first-order valence-corrected chi connectivity index (χ1v) is 8.29. The van der Waals surface area contributed by atoms with Gasteiger partial charge in [-0.25, -0.2) is 4.98 Å². The molecule has 0 spiro atoms. The molecule has 0 saturated carbocycles. The van der Waals surface area contributed by atoms with Crippen LogP contribution in [0, 0.1) is 6.92 Å². The van der Waals surface area contributed by atoms with Gasteiger partial charge in [-0.05, 0) is 26.7 Å². The number of hydrogen-bond donors (Lipinski definition) is 2. The molecular weight excluding hydrogens is 280 g/mol. The van der Waals surface area contributed by atoms with Crippen LogP contribution in [-0.4, -0.2) is 36.8 Å². The van der Waals surface area contributed by atoms with Crippen LogP contribution in [0.15, 0.2) is 10.6 Å². The molecule has 1 aliphatic heterocycles. The Hall–Kier alpha value is -0.960. The molecule has 1 aromatic rings. The zero-order valence-electron chi connectivity index (χ0n) is 11.9. The number of nitrogens with zero attached hydrogens (tertiary/aromatic N) is 2.